The Kier molecular flexibility index (Phi) is 8.93. The summed E-state index contributed by atoms with van der Waals surface area (Å²) in [7, 11) is 1.25. The normalized spacial score (nSPS) is 32.0. The maximum atomic E-state index is 13.5. The molecule has 0 spiro atoms. The molecule has 10 heteroatoms. The molecule has 0 radical (unpaired) electrons. The zero-order valence-electron chi connectivity index (χ0n) is 27.6. The SMILES string of the molecule is COC(=O)[C@H](Cc1c[nH]c2ccccc12)NC(=O)CCC(=O)OCC(=O)[C@@]1(O)CC[C@@H]2[C@@H]3CCC4=CC(=O)CC[C@]4(C)[C@@H]3CC[C@@]21C. The van der Waals surface area contributed by atoms with E-state index < -0.39 is 47.3 Å². The molecule has 47 heavy (non-hydrogen) atoms. The van der Waals surface area contributed by atoms with Gasteiger partial charge in [-0.2, -0.15) is 0 Å². The van der Waals surface area contributed by atoms with Crippen LogP contribution in [-0.2, 0) is 39.9 Å². The Morgan fingerprint density at radius 2 is 1.79 bits per heavy atom. The predicted octanol–water partition coefficient (Wildman–Crippen LogP) is 4.52. The van der Waals surface area contributed by atoms with Crippen LogP contribution in [0.25, 0.3) is 10.9 Å². The van der Waals surface area contributed by atoms with Crippen LogP contribution < -0.4 is 5.32 Å². The van der Waals surface area contributed by atoms with Crippen LogP contribution in [0.1, 0.15) is 83.6 Å². The van der Waals surface area contributed by atoms with Crippen LogP contribution >= 0.6 is 0 Å². The number of aromatic amines is 1. The molecular formula is C37H46N2O8. The average Bonchev–Trinajstić information content (AvgIpc) is 3.60. The number of ketones is 2. The van der Waals surface area contributed by atoms with Gasteiger partial charge >= 0.3 is 11.9 Å². The van der Waals surface area contributed by atoms with Gasteiger partial charge < -0.3 is 24.9 Å². The van der Waals surface area contributed by atoms with Gasteiger partial charge in [-0.1, -0.05) is 37.6 Å². The summed E-state index contributed by atoms with van der Waals surface area (Å²) in [6.07, 6.45) is 9.31. The van der Waals surface area contributed by atoms with Crippen LogP contribution in [0.15, 0.2) is 42.1 Å². The van der Waals surface area contributed by atoms with Crippen molar-refractivity contribution in [3.8, 4) is 0 Å². The molecule has 3 N–H and O–H groups in total. The van der Waals surface area contributed by atoms with E-state index in [4.69, 9.17) is 9.47 Å². The van der Waals surface area contributed by atoms with Gasteiger partial charge in [0.25, 0.3) is 0 Å². The van der Waals surface area contributed by atoms with Crippen LogP contribution in [0.2, 0.25) is 0 Å². The summed E-state index contributed by atoms with van der Waals surface area (Å²) in [5, 5.41) is 15.5. The van der Waals surface area contributed by atoms with E-state index in [0.29, 0.717) is 31.1 Å². The molecule has 1 heterocycles. The van der Waals surface area contributed by atoms with Gasteiger partial charge in [-0.05, 0) is 85.8 Å². The number of H-pyrrole nitrogens is 1. The summed E-state index contributed by atoms with van der Waals surface area (Å²) in [6, 6.07) is 6.68. The van der Waals surface area contributed by atoms with E-state index >= 15 is 0 Å². The van der Waals surface area contributed by atoms with Gasteiger partial charge in [0.05, 0.1) is 13.5 Å². The largest absolute Gasteiger partial charge is 0.467 e. The lowest BCUT2D eigenvalue weighted by atomic mass is 9.46. The number of carbonyl (C=O) groups excluding carboxylic acids is 5. The topological polar surface area (TPSA) is 152 Å². The van der Waals surface area contributed by atoms with E-state index in [0.717, 1.165) is 48.6 Å². The van der Waals surface area contributed by atoms with Crippen LogP contribution in [0.3, 0.4) is 0 Å². The minimum Gasteiger partial charge on any atom is -0.467 e. The minimum absolute atomic E-state index is 0.00200. The molecule has 6 rings (SSSR count). The zero-order valence-corrected chi connectivity index (χ0v) is 27.6. The summed E-state index contributed by atoms with van der Waals surface area (Å²) in [5.41, 5.74) is 0.819. The number of allylic oxidation sites excluding steroid dienone is 1. The van der Waals surface area contributed by atoms with E-state index in [9.17, 15) is 29.1 Å². The second-order valence-electron chi connectivity index (χ2n) is 14.6. The summed E-state index contributed by atoms with van der Waals surface area (Å²) in [6.45, 7) is 3.78. The van der Waals surface area contributed by atoms with E-state index in [-0.39, 0.29) is 36.4 Å². The number of hydrogen-bond acceptors (Lipinski definition) is 8. The Bertz CT molecular complexity index is 1630. The quantitative estimate of drug-likeness (QED) is 0.319. The Labute approximate surface area is 275 Å². The molecule has 1 amide bonds. The highest BCUT2D eigenvalue weighted by atomic mass is 16.5. The number of benzene rings is 1. The van der Waals surface area contributed by atoms with Crippen molar-refractivity contribution in [2.75, 3.05) is 13.7 Å². The lowest BCUT2D eigenvalue weighted by Gasteiger charge is -2.58. The Morgan fingerprint density at radius 1 is 1.02 bits per heavy atom. The van der Waals surface area contributed by atoms with Gasteiger partial charge in [-0.25, -0.2) is 4.79 Å². The minimum atomic E-state index is -1.59. The lowest BCUT2D eigenvalue weighted by Crippen LogP contribution is -2.58. The number of nitrogens with one attached hydrogen (secondary N) is 2. The van der Waals surface area contributed by atoms with Crippen molar-refractivity contribution in [2.45, 2.75) is 96.1 Å². The monoisotopic (exact) mass is 646 g/mol. The third kappa shape index (κ3) is 5.83. The van der Waals surface area contributed by atoms with Crippen LogP contribution in [0.4, 0.5) is 0 Å². The molecule has 4 aliphatic rings. The molecule has 0 saturated heterocycles. The Balaban J connectivity index is 1.02. The molecular weight excluding hydrogens is 600 g/mol. The van der Waals surface area contributed by atoms with Crippen LogP contribution in [-0.4, -0.2) is 64.9 Å². The maximum absolute atomic E-state index is 13.5. The fourth-order valence-electron chi connectivity index (χ4n) is 9.71. The number of aromatic nitrogens is 1. The zero-order chi connectivity index (χ0) is 33.6. The van der Waals surface area contributed by atoms with Crippen molar-refractivity contribution in [2.24, 2.45) is 28.6 Å². The van der Waals surface area contributed by atoms with Crippen molar-refractivity contribution in [1.29, 1.82) is 0 Å². The number of esters is 2. The van der Waals surface area contributed by atoms with E-state index in [2.05, 4.69) is 17.2 Å². The molecule has 3 saturated carbocycles. The Morgan fingerprint density at radius 3 is 2.57 bits per heavy atom. The van der Waals surface area contributed by atoms with Crippen molar-refractivity contribution in [3.63, 3.8) is 0 Å². The van der Waals surface area contributed by atoms with Crippen LogP contribution in [0, 0.1) is 28.6 Å². The number of amides is 1. The summed E-state index contributed by atoms with van der Waals surface area (Å²) in [5.74, 6) is -1.14. The molecule has 252 valence electrons. The first kappa shape index (κ1) is 33.1. The number of rotatable bonds is 10. The van der Waals surface area contributed by atoms with Gasteiger partial charge in [0.15, 0.2) is 12.4 Å². The molecule has 2 aromatic rings. The molecule has 1 aromatic heterocycles. The standard InChI is InChI=1S/C37H46N2O8/c1-35-15-12-24(40)19-23(35)8-9-26-27(35)13-16-36(2)28(26)14-17-37(36,45)31(41)21-47-33(43)11-10-32(42)39-30(34(44)46-3)18-22-20-38-29-7-5-4-6-25(22)29/h4-7,19-20,26-28,30,38,45H,8-18,21H2,1-3H3,(H,39,42)/t26-,27-,28-,30+,35+,36+,37+/m1/s1. The van der Waals surface area contributed by atoms with Gasteiger partial charge in [0.2, 0.25) is 11.7 Å². The van der Waals surface area contributed by atoms with Crippen LogP contribution in [0.5, 0.6) is 0 Å². The lowest BCUT2D eigenvalue weighted by molar-refractivity contribution is -0.170. The molecule has 0 bridgehead atoms. The number of aliphatic hydroxyl groups is 1. The van der Waals surface area contributed by atoms with E-state index in [1.54, 1.807) is 6.20 Å². The van der Waals surface area contributed by atoms with E-state index in [1.807, 2.05) is 37.3 Å². The third-order valence-electron chi connectivity index (χ3n) is 12.4. The summed E-state index contributed by atoms with van der Waals surface area (Å²) < 4.78 is 10.2. The van der Waals surface area contributed by atoms with Gasteiger partial charge in [-0.15, -0.1) is 0 Å². The molecule has 4 aliphatic carbocycles. The van der Waals surface area contributed by atoms with Gasteiger partial charge in [0, 0.05) is 41.8 Å². The van der Waals surface area contributed by atoms with Crippen molar-refractivity contribution in [3.05, 3.63) is 47.7 Å². The second kappa shape index (κ2) is 12.7. The number of methoxy groups -OCH3 is 1. The highest BCUT2D eigenvalue weighted by Gasteiger charge is 2.66. The predicted molar refractivity (Wildman–Crippen MR) is 173 cm³/mol. The van der Waals surface area contributed by atoms with E-state index in [1.165, 1.54) is 12.7 Å². The third-order valence-corrected chi connectivity index (χ3v) is 12.4. The molecule has 0 unspecified atom stereocenters. The average molecular weight is 647 g/mol. The molecule has 3 fully saturated rings. The van der Waals surface area contributed by atoms with Gasteiger partial charge in [0.1, 0.15) is 11.6 Å². The van der Waals surface area contributed by atoms with Crippen molar-refractivity contribution < 1.29 is 38.6 Å². The fraction of sp³-hybridized carbons (Fsp3) is 0.595. The van der Waals surface area contributed by atoms with Gasteiger partial charge in [-0.3, -0.25) is 19.2 Å². The smallest absolute Gasteiger partial charge is 0.328 e. The molecule has 0 aliphatic heterocycles. The maximum Gasteiger partial charge on any atom is 0.328 e. The Hall–Kier alpha value is -3.79. The first-order valence-corrected chi connectivity index (χ1v) is 17.0. The second-order valence-corrected chi connectivity index (χ2v) is 14.6. The summed E-state index contributed by atoms with van der Waals surface area (Å²) >= 11 is 0. The summed E-state index contributed by atoms with van der Waals surface area (Å²) in [4.78, 5) is 66.7. The number of hydrogen-bond donors (Lipinski definition) is 3. The molecule has 7 atom stereocenters. The number of para-hydroxylation sites is 1. The first-order valence-electron chi connectivity index (χ1n) is 17.0. The number of carbonyl (C=O) groups is 5. The highest BCUT2D eigenvalue weighted by Crippen LogP contribution is 2.67. The first-order chi connectivity index (χ1) is 22.4. The highest BCUT2D eigenvalue weighted by molar-refractivity contribution is 5.93. The van der Waals surface area contributed by atoms with Crippen molar-refractivity contribution >= 4 is 40.3 Å². The van der Waals surface area contributed by atoms with Crippen molar-refractivity contribution in [1.82, 2.24) is 10.3 Å². The molecule has 10 nitrogen and oxygen atoms in total. The number of fused-ring (bicyclic) bond motifs is 6. The number of ether oxygens (including phenoxy) is 2. The fourth-order valence-corrected chi connectivity index (χ4v) is 9.71. The number of Topliss-reactive ketones (excluding diaryl/α,β-unsaturated/α-hetero) is 1. The molecule has 1 aromatic carbocycles.